The van der Waals surface area contributed by atoms with Crippen LogP contribution in [0.3, 0.4) is 0 Å². The molecule has 0 aliphatic heterocycles. The molecule has 0 amide bonds. The van der Waals surface area contributed by atoms with E-state index in [1.54, 1.807) is 12.1 Å². The van der Waals surface area contributed by atoms with Crippen LogP contribution in [0.2, 0.25) is 0 Å². The van der Waals surface area contributed by atoms with Gasteiger partial charge in [-0.3, -0.25) is 0 Å². The number of benzene rings is 1. The average molecular weight is 464 g/mol. The van der Waals surface area contributed by atoms with Crippen molar-refractivity contribution in [1.82, 2.24) is 0 Å². The normalized spacial score (nSPS) is 21.5. The standard InChI is InChI=1S/C25H19F3N4O2/c26-25(27,28)15-4-3-5-16(10-15)33-12-17-8-9-21(34-17)22-19-7-2-1-6-18(19)20(11-29)23(32)24(22,13-30)14-31/h3-6,8-10,19,22H,1-2,7,12,32H2/t19-,22-/m1/s1. The molecule has 0 saturated carbocycles. The highest BCUT2D eigenvalue weighted by molar-refractivity contribution is 5.58. The molecule has 0 bridgehead atoms. The molecule has 9 heteroatoms. The average Bonchev–Trinajstić information content (AvgIpc) is 3.30. The van der Waals surface area contributed by atoms with E-state index in [-0.39, 0.29) is 29.5 Å². The van der Waals surface area contributed by atoms with Gasteiger partial charge in [-0.05, 0) is 61.1 Å². The van der Waals surface area contributed by atoms with Crippen molar-refractivity contribution in [2.24, 2.45) is 17.1 Å². The minimum atomic E-state index is -4.49. The molecule has 0 unspecified atom stereocenters. The summed E-state index contributed by atoms with van der Waals surface area (Å²) in [6.45, 7) is -0.151. The van der Waals surface area contributed by atoms with Gasteiger partial charge in [-0.1, -0.05) is 12.1 Å². The summed E-state index contributed by atoms with van der Waals surface area (Å²) in [7, 11) is 0. The molecule has 6 nitrogen and oxygen atoms in total. The minimum Gasteiger partial charge on any atom is -0.486 e. The third kappa shape index (κ3) is 3.78. The highest BCUT2D eigenvalue weighted by Crippen LogP contribution is 2.56. The summed E-state index contributed by atoms with van der Waals surface area (Å²) in [6, 6.07) is 13.8. The lowest BCUT2D eigenvalue weighted by molar-refractivity contribution is -0.137. The Morgan fingerprint density at radius 2 is 1.91 bits per heavy atom. The molecule has 1 heterocycles. The molecule has 1 aromatic heterocycles. The monoisotopic (exact) mass is 464 g/mol. The number of rotatable bonds is 4. The maximum absolute atomic E-state index is 12.9. The van der Waals surface area contributed by atoms with Gasteiger partial charge in [0.2, 0.25) is 0 Å². The van der Waals surface area contributed by atoms with Crippen LogP contribution in [0.4, 0.5) is 13.2 Å². The van der Waals surface area contributed by atoms with Crippen LogP contribution in [0.5, 0.6) is 5.75 Å². The summed E-state index contributed by atoms with van der Waals surface area (Å²) in [6.07, 6.45) is -0.334. The smallest absolute Gasteiger partial charge is 0.416 e. The number of nitriles is 3. The lowest BCUT2D eigenvalue weighted by Gasteiger charge is -2.42. The lowest BCUT2D eigenvalue weighted by atomic mass is 9.58. The second-order valence-electron chi connectivity index (χ2n) is 8.22. The van der Waals surface area contributed by atoms with Crippen molar-refractivity contribution in [3.8, 4) is 24.0 Å². The molecule has 2 N–H and O–H groups in total. The van der Waals surface area contributed by atoms with Crippen LogP contribution < -0.4 is 10.5 Å². The number of nitrogens with zero attached hydrogens (tertiary/aromatic N) is 3. The summed E-state index contributed by atoms with van der Waals surface area (Å²) >= 11 is 0. The zero-order valence-electron chi connectivity index (χ0n) is 17.9. The third-order valence-electron chi connectivity index (χ3n) is 6.33. The van der Waals surface area contributed by atoms with E-state index in [1.165, 1.54) is 12.1 Å². The summed E-state index contributed by atoms with van der Waals surface area (Å²) in [5, 5.41) is 29.7. The lowest BCUT2D eigenvalue weighted by Crippen LogP contribution is -2.42. The number of halogens is 3. The second-order valence-corrected chi connectivity index (χ2v) is 8.22. The maximum atomic E-state index is 12.9. The molecule has 0 radical (unpaired) electrons. The second kappa shape index (κ2) is 8.65. The number of allylic oxidation sites excluding steroid dienone is 4. The molecule has 2 atom stereocenters. The molecule has 0 spiro atoms. The van der Waals surface area contributed by atoms with E-state index in [0.29, 0.717) is 17.9 Å². The fourth-order valence-corrected chi connectivity index (χ4v) is 4.73. The van der Waals surface area contributed by atoms with Crippen LogP contribution in [-0.2, 0) is 12.8 Å². The number of ether oxygens (including phenoxy) is 1. The first-order valence-corrected chi connectivity index (χ1v) is 10.6. The van der Waals surface area contributed by atoms with Crippen LogP contribution in [-0.4, -0.2) is 0 Å². The van der Waals surface area contributed by atoms with Crippen molar-refractivity contribution in [3.05, 3.63) is 76.4 Å². The topological polar surface area (TPSA) is 120 Å². The predicted molar refractivity (Wildman–Crippen MR) is 113 cm³/mol. The predicted octanol–water partition coefficient (Wildman–Crippen LogP) is 5.47. The van der Waals surface area contributed by atoms with Crippen LogP contribution in [0.1, 0.15) is 42.3 Å². The van der Waals surface area contributed by atoms with Gasteiger partial charge in [0.1, 0.15) is 29.9 Å². The fourth-order valence-electron chi connectivity index (χ4n) is 4.73. The van der Waals surface area contributed by atoms with E-state index >= 15 is 0 Å². The third-order valence-corrected chi connectivity index (χ3v) is 6.33. The summed E-state index contributed by atoms with van der Waals surface area (Å²) < 4.78 is 50.2. The van der Waals surface area contributed by atoms with E-state index in [2.05, 4.69) is 6.07 Å². The van der Waals surface area contributed by atoms with Crippen molar-refractivity contribution < 1.29 is 22.3 Å². The number of hydrogen-bond donors (Lipinski definition) is 1. The van der Waals surface area contributed by atoms with Gasteiger partial charge in [0.25, 0.3) is 0 Å². The number of furan rings is 1. The van der Waals surface area contributed by atoms with Crippen molar-refractivity contribution in [2.75, 3.05) is 0 Å². The van der Waals surface area contributed by atoms with Crippen molar-refractivity contribution in [1.29, 1.82) is 15.8 Å². The fraction of sp³-hybridized carbons (Fsp3) is 0.320. The van der Waals surface area contributed by atoms with Gasteiger partial charge in [0.05, 0.1) is 34.9 Å². The Hall–Kier alpha value is -4.16. The number of nitrogens with two attached hydrogens (primary N) is 1. The number of alkyl halides is 3. The molecule has 2 aromatic rings. The Morgan fingerprint density at radius 1 is 1.15 bits per heavy atom. The quantitative estimate of drug-likeness (QED) is 0.641. The molecule has 0 saturated heterocycles. The van der Waals surface area contributed by atoms with Gasteiger partial charge in [-0.25, -0.2) is 0 Å². The van der Waals surface area contributed by atoms with E-state index in [1.807, 2.05) is 18.2 Å². The van der Waals surface area contributed by atoms with Gasteiger partial charge >= 0.3 is 6.18 Å². The van der Waals surface area contributed by atoms with Gasteiger partial charge in [-0.2, -0.15) is 29.0 Å². The zero-order valence-corrected chi connectivity index (χ0v) is 17.9. The molecule has 2 aliphatic rings. The maximum Gasteiger partial charge on any atom is 0.416 e. The molecule has 34 heavy (non-hydrogen) atoms. The van der Waals surface area contributed by atoms with Gasteiger partial charge < -0.3 is 14.9 Å². The van der Waals surface area contributed by atoms with Gasteiger partial charge in [0.15, 0.2) is 5.41 Å². The Morgan fingerprint density at radius 3 is 2.59 bits per heavy atom. The molecular weight excluding hydrogens is 445 g/mol. The van der Waals surface area contributed by atoms with E-state index in [9.17, 15) is 29.0 Å². The molecule has 172 valence electrons. The van der Waals surface area contributed by atoms with Gasteiger partial charge in [0, 0.05) is 0 Å². The molecule has 2 aliphatic carbocycles. The number of fused-ring (bicyclic) bond motifs is 1. The first-order valence-electron chi connectivity index (χ1n) is 10.6. The first-order chi connectivity index (χ1) is 16.2. The van der Waals surface area contributed by atoms with E-state index in [0.717, 1.165) is 30.5 Å². The van der Waals surface area contributed by atoms with Crippen LogP contribution in [0.25, 0.3) is 0 Å². The highest BCUT2D eigenvalue weighted by atomic mass is 19.4. The van der Waals surface area contributed by atoms with Crippen LogP contribution in [0, 0.1) is 45.3 Å². The van der Waals surface area contributed by atoms with Crippen LogP contribution >= 0.6 is 0 Å². The molecule has 1 aromatic carbocycles. The molecule has 0 fully saturated rings. The highest BCUT2D eigenvalue weighted by Gasteiger charge is 2.55. The summed E-state index contributed by atoms with van der Waals surface area (Å²) in [5.74, 6) is -0.375. The summed E-state index contributed by atoms with van der Waals surface area (Å²) in [5.41, 5.74) is 4.41. The Bertz CT molecular complexity index is 1290. The summed E-state index contributed by atoms with van der Waals surface area (Å²) in [4.78, 5) is 0. The SMILES string of the molecule is N#CC1=C(N)C(C#N)(C#N)[C@@H](c2ccc(COc3cccc(C(F)(F)F)c3)o2)[C@@H]2CCCC=C12. The van der Waals surface area contributed by atoms with Crippen molar-refractivity contribution in [2.45, 2.75) is 38.0 Å². The Labute approximate surface area is 193 Å². The number of hydrogen-bond acceptors (Lipinski definition) is 6. The first kappa shape index (κ1) is 23.0. The zero-order chi connectivity index (χ0) is 24.5. The molecule has 4 rings (SSSR count). The Balaban J connectivity index is 1.66. The minimum absolute atomic E-state index is 0.0252. The van der Waals surface area contributed by atoms with E-state index in [4.69, 9.17) is 14.9 Å². The van der Waals surface area contributed by atoms with E-state index < -0.39 is 23.1 Å². The largest absolute Gasteiger partial charge is 0.486 e. The van der Waals surface area contributed by atoms with Crippen molar-refractivity contribution in [3.63, 3.8) is 0 Å². The van der Waals surface area contributed by atoms with Gasteiger partial charge in [-0.15, -0.1) is 0 Å². The van der Waals surface area contributed by atoms with Crippen molar-refractivity contribution >= 4 is 0 Å². The molecular formula is C25H19F3N4O2. The Kier molecular flexibility index (Phi) is 5.85. The van der Waals surface area contributed by atoms with Crippen LogP contribution in [0.15, 0.2) is 63.7 Å².